The van der Waals surface area contributed by atoms with Gasteiger partial charge >= 0.3 is 0 Å². The first-order valence-electron chi connectivity index (χ1n) is 2.18. The van der Waals surface area contributed by atoms with E-state index in [0.29, 0.717) is 9.76 Å². The number of pyridine rings is 1. The van der Waals surface area contributed by atoms with Crippen LogP contribution in [-0.2, 0) is 16.5 Å². The zero-order valence-electron chi connectivity index (χ0n) is 4.43. The van der Waals surface area contributed by atoms with Crippen LogP contribution in [-0.4, -0.2) is 0 Å². The van der Waals surface area contributed by atoms with Gasteiger partial charge in [-0.15, -0.1) is 0 Å². The maximum Gasteiger partial charge on any atom is 0.248 e. The number of nitrogens with zero attached hydrogens (tertiary/aromatic N) is 1. The quantitative estimate of drug-likeness (QED) is 0.273. The summed E-state index contributed by atoms with van der Waals surface area (Å²) in [5.74, 6) is 0. The number of thiol groups is 1. The Morgan fingerprint density at radius 3 is 2.44 bits per heavy atom. The van der Waals surface area contributed by atoms with E-state index in [1.807, 2.05) is 0 Å². The molecular formula is C5H5NNiOS. The van der Waals surface area contributed by atoms with Crippen LogP contribution < -0.4 is 4.73 Å². The molecular weight excluding hydrogens is 181 g/mol. The second kappa shape index (κ2) is 3.75. The molecule has 0 saturated carbocycles. The Bertz CT molecular complexity index is 173. The molecule has 52 valence electrons. The first-order chi connectivity index (χ1) is 3.80. The minimum atomic E-state index is 0. The molecule has 0 saturated heterocycles. The van der Waals surface area contributed by atoms with Gasteiger partial charge in [-0.3, -0.25) is 0 Å². The van der Waals surface area contributed by atoms with Crippen molar-refractivity contribution in [3.63, 3.8) is 0 Å². The third-order valence-electron chi connectivity index (χ3n) is 0.804. The van der Waals surface area contributed by atoms with Crippen LogP contribution in [0.1, 0.15) is 0 Å². The molecule has 0 radical (unpaired) electrons. The van der Waals surface area contributed by atoms with Gasteiger partial charge in [0.25, 0.3) is 0 Å². The third-order valence-corrected chi connectivity index (χ3v) is 1.15. The Kier molecular flexibility index (Phi) is 3.66. The molecule has 0 atom stereocenters. The van der Waals surface area contributed by atoms with Crippen LogP contribution in [0.15, 0.2) is 29.4 Å². The molecule has 1 aromatic heterocycles. The minimum absolute atomic E-state index is 0. The number of hydrogen-bond donors (Lipinski definition) is 1. The average Bonchev–Trinajstić information content (AvgIpc) is 1.77. The average molecular weight is 186 g/mol. The predicted octanol–water partition coefficient (Wildman–Crippen LogP) is 0.606. The van der Waals surface area contributed by atoms with Crippen LogP contribution in [0.2, 0.25) is 0 Å². The molecule has 0 unspecified atom stereocenters. The van der Waals surface area contributed by atoms with Gasteiger partial charge < -0.3 is 5.21 Å². The molecule has 2 nitrogen and oxygen atoms in total. The van der Waals surface area contributed by atoms with Crippen LogP contribution >= 0.6 is 12.6 Å². The van der Waals surface area contributed by atoms with Crippen LogP contribution in [0, 0.1) is 5.21 Å². The Balaban J connectivity index is 0.000000640. The third kappa shape index (κ3) is 2.25. The van der Waals surface area contributed by atoms with Gasteiger partial charge in [0.1, 0.15) is 0 Å². The smallest absolute Gasteiger partial charge is 0.248 e. The van der Waals surface area contributed by atoms with Gasteiger partial charge in [-0.25, -0.2) is 0 Å². The summed E-state index contributed by atoms with van der Waals surface area (Å²) in [7, 11) is 0. The van der Waals surface area contributed by atoms with Gasteiger partial charge in [0, 0.05) is 28.6 Å². The second-order valence-electron chi connectivity index (χ2n) is 1.38. The normalized spacial score (nSPS) is 8.11. The largest absolute Gasteiger partial charge is 0.618 e. The van der Waals surface area contributed by atoms with Crippen LogP contribution in [0.4, 0.5) is 0 Å². The summed E-state index contributed by atoms with van der Waals surface area (Å²) in [4.78, 5) is 0. The van der Waals surface area contributed by atoms with E-state index in [1.54, 1.807) is 18.2 Å². The standard InChI is InChI=1S/C5H5NOS.Ni/c7-6-4-2-1-3-5(6)8;/h1-4,8H;. The van der Waals surface area contributed by atoms with Crippen molar-refractivity contribution in [1.82, 2.24) is 0 Å². The van der Waals surface area contributed by atoms with E-state index >= 15 is 0 Å². The molecule has 9 heavy (non-hydrogen) atoms. The monoisotopic (exact) mass is 185 g/mol. The number of rotatable bonds is 0. The van der Waals surface area contributed by atoms with Gasteiger partial charge in [0.05, 0.1) is 0 Å². The molecule has 1 heterocycles. The second-order valence-corrected chi connectivity index (χ2v) is 1.84. The van der Waals surface area contributed by atoms with Crippen LogP contribution in [0.5, 0.6) is 0 Å². The molecule has 0 spiro atoms. The first kappa shape index (κ1) is 8.79. The van der Waals surface area contributed by atoms with E-state index in [-0.39, 0.29) is 16.5 Å². The fraction of sp³-hybridized carbons (Fsp3) is 0. The Morgan fingerprint density at radius 1 is 1.44 bits per heavy atom. The van der Waals surface area contributed by atoms with Crippen molar-refractivity contribution >= 4 is 12.6 Å². The summed E-state index contributed by atoms with van der Waals surface area (Å²) in [5, 5.41) is 10.9. The summed E-state index contributed by atoms with van der Waals surface area (Å²) in [6, 6.07) is 5.06. The molecule has 0 aliphatic rings. The summed E-state index contributed by atoms with van der Waals surface area (Å²) >= 11 is 3.85. The molecule has 0 aliphatic carbocycles. The molecule has 0 aromatic carbocycles. The SMILES string of the molecule is [Ni].[O-][n+]1ccccc1S. The minimum Gasteiger partial charge on any atom is -0.618 e. The van der Waals surface area contributed by atoms with E-state index in [4.69, 9.17) is 0 Å². The van der Waals surface area contributed by atoms with Crippen molar-refractivity contribution in [2.45, 2.75) is 5.03 Å². The van der Waals surface area contributed by atoms with Crippen molar-refractivity contribution in [2.24, 2.45) is 0 Å². The Morgan fingerprint density at radius 2 is 2.11 bits per heavy atom. The van der Waals surface area contributed by atoms with E-state index in [1.165, 1.54) is 6.20 Å². The summed E-state index contributed by atoms with van der Waals surface area (Å²) in [6.45, 7) is 0. The zero-order valence-corrected chi connectivity index (χ0v) is 6.31. The molecule has 0 aliphatic heterocycles. The van der Waals surface area contributed by atoms with E-state index < -0.39 is 0 Å². The molecule has 0 N–H and O–H groups in total. The Hall–Kier alpha value is -0.206. The molecule has 0 bridgehead atoms. The summed E-state index contributed by atoms with van der Waals surface area (Å²) in [6.07, 6.45) is 1.41. The predicted molar refractivity (Wildman–Crippen MR) is 32.7 cm³/mol. The maximum absolute atomic E-state index is 10.5. The van der Waals surface area contributed by atoms with Gasteiger partial charge in [0.15, 0.2) is 6.20 Å². The molecule has 4 heteroatoms. The topological polar surface area (TPSA) is 26.9 Å². The first-order valence-corrected chi connectivity index (χ1v) is 2.62. The van der Waals surface area contributed by atoms with Crippen molar-refractivity contribution in [1.29, 1.82) is 0 Å². The fourth-order valence-corrected chi connectivity index (χ4v) is 0.572. The van der Waals surface area contributed by atoms with Crippen molar-refractivity contribution in [2.75, 3.05) is 0 Å². The summed E-state index contributed by atoms with van der Waals surface area (Å²) in [5.41, 5.74) is 0. The van der Waals surface area contributed by atoms with Crippen molar-refractivity contribution in [3.8, 4) is 0 Å². The van der Waals surface area contributed by atoms with Crippen molar-refractivity contribution < 1.29 is 21.2 Å². The van der Waals surface area contributed by atoms with Crippen LogP contribution in [0.3, 0.4) is 0 Å². The van der Waals surface area contributed by atoms with Crippen molar-refractivity contribution in [3.05, 3.63) is 29.6 Å². The van der Waals surface area contributed by atoms with Gasteiger partial charge in [-0.1, -0.05) is 12.6 Å². The zero-order chi connectivity index (χ0) is 5.98. The molecule has 1 aromatic rings. The molecule has 1 rings (SSSR count). The van der Waals surface area contributed by atoms with Gasteiger partial charge in [-0.05, 0) is 6.07 Å². The number of hydrogen-bond acceptors (Lipinski definition) is 2. The Labute approximate surface area is 68.8 Å². The van der Waals surface area contributed by atoms with E-state index in [9.17, 15) is 5.21 Å². The van der Waals surface area contributed by atoms with E-state index in [0.717, 1.165) is 0 Å². The van der Waals surface area contributed by atoms with Gasteiger partial charge in [-0.2, -0.15) is 4.73 Å². The maximum atomic E-state index is 10.5. The molecule has 0 fully saturated rings. The van der Waals surface area contributed by atoms with Gasteiger partial charge in [0.2, 0.25) is 5.03 Å². The number of aromatic nitrogens is 1. The fourth-order valence-electron chi connectivity index (χ4n) is 0.419. The molecule has 0 amide bonds. The van der Waals surface area contributed by atoms with E-state index in [2.05, 4.69) is 12.6 Å². The summed E-state index contributed by atoms with van der Waals surface area (Å²) < 4.78 is 0.698. The van der Waals surface area contributed by atoms with Crippen LogP contribution in [0.25, 0.3) is 0 Å².